The van der Waals surface area contributed by atoms with E-state index in [1.165, 1.54) is 30.6 Å². The van der Waals surface area contributed by atoms with Crippen molar-refractivity contribution < 1.29 is 9.59 Å². The second-order valence-electron chi connectivity index (χ2n) is 7.25. The van der Waals surface area contributed by atoms with Crippen molar-refractivity contribution in [1.29, 1.82) is 0 Å². The summed E-state index contributed by atoms with van der Waals surface area (Å²) < 4.78 is 0. The summed E-state index contributed by atoms with van der Waals surface area (Å²) in [5.41, 5.74) is 0. The van der Waals surface area contributed by atoms with Gasteiger partial charge in [0, 0.05) is 19.3 Å². The van der Waals surface area contributed by atoms with Gasteiger partial charge in [0.15, 0.2) is 0 Å². The second kappa shape index (κ2) is 7.62. The van der Waals surface area contributed by atoms with E-state index in [1.54, 1.807) is 19.0 Å². The molecule has 6 nitrogen and oxygen atoms in total. The Bertz CT molecular complexity index is 483. The number of carbonyl (C=O) groups excluding carboxylic acids is 2. The molecule has 3 amide bonds. The van der Waals surface area contributed by atoms with Gasteiger partial charge in [-0.25, -0.2) is 4.79 Å². The molecule has 0 spiro atoms. The van der Waals surface area contributed by atoms with Crippen LogP contribution in [0.5, 0.6) is 0 Å². The number of fused-ring (bicyclic) bond motifs is 1. The van der Waals surface area contributed by atoms with Crippen molar-refractivity contribution in [2.24, 2.45) is 5.92 Å². The number of hydrogen-bond acceptors (Lipinski definition) is 5. The summed E-state index contributed by atoms with van der Waals surface area (Å²) in [6.07, 6.45) is 8.33. The Morgan fingerprint density at radius 2 is 1.88 bits per heavy atom. The van der Waals surface area contributed by atoms with E-state index >= 15 is 0 Å². The van der Waals surface area contributed by atoms with E-state index in [1.807, 2.05) is 11.8 Å². The SMILES string of the molecule is CCCCC1NC(SC2CCCC2)C2C(=O)N(C)C(=O)N(C)C2N1. The maximum absolute atomic E-state index is 12.8. The van der Waals surface area contributed by atoms with Gasteiger partial charge in [0.05, 0.1) is 23.6 Å². The van der Waals surface area contributed by atoms with Crippen LogP contribution in [0.2, 0.25) is 0 Å². The van der Waals surface area contributed by atoms with E-state index in [0.717, 1.165) is 19.3 Å². The Morgan fingerprint density at radius 1 is 1.17 bits per heavy atom. The van der Waals surface area contributed by atoms with E-state index in [-0.39, 0.29) is 35.6 Å². The summed E-state index contributed by atoms with van der Waals surface area (Å²) in [6.45, 7) is 2.19. The molecule has 0 radical (unpaired) electrons. The van der Waals surface area contributed by atoms with Crippen LogP contribution in [0.4, 0.5) is 4.79 Å². The maximum atomic E-state index is 12.8. The van der Waals surface area contributed by atoms with E-state index in [2.05, 4.69) is 17.6 Å². The number of imide groups is 1. The van der Waals surface area contributed by atoms with Gasteiger partial charge in [0.2, 0.25) is 5.91 Å². The van der Waals surface area contributed by atoms with Crippen LogP contribution in [0, 0.1) is 5.92 Å². The average Bonchev–Trinajstić information content (AvgIpc) is 3.08. The summed E-state index contributed by atoms with van der Waals surface area (Å²) in [5, 5.41) is 7.89. The van der Waals surface area contributed by atoms with Crippen molar-refractivity contribution in [3.63, 3.8) is 0 Å². The van der Waals surface area contributed by atoms with Crippen LogP contribution < -0.4 is 10.6 Å². The van der Waals surface area contributed by atoms with Crippen molar-refractivity contribution >= 4 is 23.7 Å². The van der Waals surface area contributed by atoms with E-state index in [0.29, 0.717) is 5.25 Å². The fourth-order valence-corrected chi connectivity index (χ4v) is 5.74. The summed E-state index contributed by atoms with van der Waals surface area (Å²) in [7, 11) is 3.40. The number of thioether (sulfide) groups is 1. The monoisotopic (exact) mass is 354 g/mol. The normalized spacial score (nSPS) is 34.8. The van der Waals surface area contributed by atoms with Crippen molar-refractivity contribution in [2.45, 2.75) is 74.8 Å². The number of carbonyl (C=O) groups is 2. The summed E-state index contributed by atoms with van der Waals surface area (Å²) in [4.78, 5) is 28.1. The van der Waals surface area contributed by atoms with Gasteiger partial charge < -0.3 is 4.90 Å². The highest BCUT2D eigenvalue weighted by molar-refractivity contribution is 8.00. The van der Waals surface area contributed by atoms with Crippen LogP contribution in [-0.4, -0.2) is 58.8 Å². The summed E-state index contributed by atoms with van der Waals surface area (Å²) >= 11 is 1.92. The predicted octanol–water partition coefficient (Wildman–Crippen LogP) is 2.16. The van der Waals surface area contributed by atoms with E-state index < -0.39 is 0 Å². The molecule has 2 heterocycles. The van der Waals surface area contributed by atoms with Gasteiger partial charge in [-0.3, -0.25) is 20.3 Å². The van der Waals surface area contributed by atoms with Gasteiger partial charge >= 0.3 is 6.03 Å². The number of nitrogens with one attached hydrogen (secondary N) is 2. The van der Waals surface area contributed by atoms with E-state index in [4.69, 9.17) is 0 Å². The molecule has 1 saturated carbocycles. The highest BCUT2D eigenvalue weighted by Crippen LogP contribution is 2.38. The molecule has 7 heteroatoms. The molecule has 0 aromatic carbocycles. The Balaban J connectivity index is 1.79. The smallest absolute Gasteiger partial charge is 0.311 e. The molecule has 1 aliphatic carbocycles. The number of amides is 3. The highest BCUT2D eigenvalue weighted by Gasteiger charge is 2.51. The first-order valence-electron chi connectivity index (χ1n) is 9.24. The van der Waals surface area contributed by atoms with Crippen LogP contribution in [-0.2, 0) is 4.79 Å². The number of urea groups is 1. The zero-order chi connectivity index (χ0) is 17.3. The van der Waals surface area contributed by atoms with Gasteiger partial charge in [-0.2, -0.15) is 0 Å². The molecule has 3 rings (SSSR count). The number of nitrogens with zero attached hydrogens (tertiary/aromatic N) is 2. The Labute approximate surface area is 149 Å². The highest BCUT2D eigenvalue weighted by atomic mass is 32.2. The largest absolute Gasteiger partial charge is 0.327 e. The van der Waals surface area contributed by atoms with Crippen molar-refractivity contribution in [1.82, 2.24) is 20.4 Å². The van der Waals surface area contributed by atoms with Gasteiger partial charge in [-0.15, -0.1) is 11.8 Å². The molecular formula is C17H30N4O2S. The third-order valence-electron chi connectivity index (χ3n) is 5.51. The van der Waals surface area contributed by atoms with Gasteiger partial charge in [-0.05, 0) is 19.3 Å². The Kier molecular flexibility index (Phi) is 5.72. The molecule has 3 aliphatic rings. The lowest BCUT2D eigenvalue weighted by Gasteiger charge is -2.50. The Morgan fingerprint density at radius 3 is 2.54 bits per heavy atom. The number of unbranched alkanes of at least 4 members (excludes halogenated alkanes) is 1. The second-order valence-corrected chi connectivity index (χ2v) is 8.70. The molecule has 3 fully saturated rings. The van der Waals surface area contributed by atoms with Gasteiger partial charge in [0.1, 0.15) is 0 Å². The molecule has 0 aromatic heterocycles. The van der Waals surface area contributed by atoms with E-state index in [9.17, 15) is 9.59 Å². The molecule has 2 N–H and O–H groups in total. The number of hydrogen-bond donors (Lipinski definition) is 2. The minimum atomic E-state index is -0.221. The maximum Gasteiger partial charge on any atom is 0.327 e. The minimum absolute atomic E-state index is 0.0625. The molecule has 4 unspecified atom stereocenters. The lowest BCUT2D eigenvalue weighted by Crippen LogP contribution is -2.74. The van der Waals surface area contributed by atoms with Crippen LogP contribution in [0.1, 0.15) is 51.9 Å². The molecular weight excluding hydrogens is 324 g/mol. The number of rotatable bonds is 5. The lowest BCUT2D eigenvalue weighted by molar-refractivity contribution is -0.140. The third kappa shape index (κ3) is 3.44. The van der Waals surface area contributed by atoms with Crippen LogP contribution in [0.3, 0.4) is 0 Å². The van der Waals surface area contributed by atoms with Crippen LogP contribution >= 0.6 is 11.8 Å². The molecule has 24 heavy (non-hydrogen) atoms. The summed E-state index contributed by atoms with van der Waals surface area (Å²) in [6, 6.07) is -0.213. The van der Waals surface area contributed by atoms with Gasteiger partial charge in [0.25, 0.3) is 0 Å². The average molecular weight is 355 g/mol. The molecule has 2 aliphatic heterocycles. The molecule has 2 saturated heterocycles. The van der Waals surface area contributed by atoms with Crippen molar-refractivity contribution in [3.8, 4) is 0 Å². The predicted molar refractivity (Wildman–Crippen MR) is 96.4 cm³/mol. The molecule has 0 bridgehead atoms. The zero-order valence-electron chi connectivity index (χ0n) is 15.0. The van der Waals surface area contributed by atoms with Crippen molar-refractivity contribution in [3.05, 3.63) is 0 Å². The zero-order valence-corrected chi connectivity index (χ0v) is 15.8. The first kappa shape index (κ1) is 18.0. The minimum Gasteiger partial charge on any atom is -0.311 e. The van der Waals surface area contributed by atoms with Crippen molar-refractivity contribution in [2.75, 3.05) is 14.1 Å². The molecule has 0 aromatic rings. The fraction of sp³-hybridized carbons (Fsp3) is 0.882. The quantitative estimate of drug-likeness (QED) is 0.792. The van der Waals surface area contributed by atoms with Gasteiger partial charge in [-0.1, -0.05) is 32.6 Å². The first-order chi connectivity index (χ1) is 11.5. The molecule has 136 valence electrons. The van der Waals surface area contributed by atoms with Crippen LogP contribution in [0.15, 0.2) is 0 Å². The lowest BCUT2D eigenvalue weighted by atomic mass is 9.96. The van der Waals surface area contributed by atoms with Crippen LogP contribution in [0.25, 0.3) is 0 Å². The summed E-state index contributed by atoms with van der Waals surface area (Å²) in [5.74, 6) is -0.284. The fourth-order valence-electron chi connectivity index (χ4n) is 4.05. The Hall–Kier alpha value is -0.790. The third-order valence-corrected chi connectivity index (χ3v) is 7.09. The molecule has 4 atom stereocenters. The topological polar surface area (TPSA) is 64.7 Å². The standard InChI is InChI=1S/C17H30N4O2S/c1-4-5-10-12-18-14-13(16(22)21(3)17(23)20(14)2)15(19-12)24-11-8-6-7-9-11/h11-15,18-19H,4-10H2,1-3H3. The first-order valence-corrected chi connectivity index (χ1v) is 10.2.